The second-order valence-corrected chi connectivity index (χ2v) is 7.02. The summed E-state index contributed by atoms with van der Waals surface area (Å²) >= 11 is 0. The third kappa shape index (κ3) is 3.09. The van der Waals surface area contributed by atoms with Crippen molar-refractivity contribution in [1.29, 1.82) is 0 Å². The highest BCUT2D eigenvalue weighted by atomic mass is 16.6. The fourth-order valence-electron chi connectivity index (χ4n) is 3.77. The van der Waals surface area contributed by atoms with E-state index in [1.54, 1.807) is 37.3 Å². The maximum Gasteiger partial charge on any atom is 0.279 e. The van der Waals surface area contributed by atoms with Gasteiger partial charge in [0.25, 0.3) is 11.5 Å². The highest BCUT2D eigenvalue weighted by Gasteiger charge is 2.74. The summed E-state index contributed by atoms with van der Waals surface area (Å²) in [5.41, 5.74) is -4.22. The molecule has 1 aromatic carbocycles. The summed E-state index contributed by atoms with van der Waals surface area (Å²) in [5, 5.41) is 20.5. The van der Waals surface area contributed by atoms with Gasteiger partial charge in [0.15, 0.2) is 17.6 Å². The molecule has 0 unspecified atom stereocenters. The van der Waals surface area contributed by atoms with Crippen LogP contribution in [0, 0.1) is 6.92 Å². The highest BCUT2D eigenvalue weighted by Crippen LogP contribution is 2.45. The molecular weight excluding hydrogens is 406 g/mol. The van der Waals surface area contributed by atoms with Gasteiger partial charge in [0.1, 0.15) is 5.76 Å². The topological polar surface area (TPSA) is 135 Å². The first-order valence-corrected chi connectivity index (χ1v) is 9.40. The van der Waals surface area contributed by atoms with E-state index in [1.807, 2.05) is 0 Å². The second kappa shape index (κ2) is 8.10. The first-order valence-electron chi connectivity index (χ1n) is 9.40. The summed E-state index contributed by atoms with van der Waals surface area (Å²) in [4.78, 5) is 39.2. The van der Waals surface area contributed by atoms with E-state index in [0.29, 0.717) is 5.76 Å². The van der Waals surface area contributed by atoms with E-state index in [0.717, 1.165) is 7.11 Å². The number of hydrogen-bond donors (Lipinski definition) is 3. The van der Waals surface area contributed by atoms with Crippen LogP contribution in [0.15, 0.2) is 52.5 Å². The van der Waals surface area contributed by atoms with Gasteiger partial charge in [-0.3, -0.25) is 14.4 Å². The molecule has 3 heterocycles. The van der Waals surface area contributed by atoms with E-state index in [1.165, 1.54) is 26.2 Å². The van der Waals surface area contributed by atoms with Crippen molar-refractivity contribution in [2.45, 2.75) is 31.3 Å². The minimum atomic E-state index is -2.35. The van der Waals surface area contributed by atoms with E-state index in [-0.39, 0.29) is 22.7 Å². The molecule has 1 saturated heterocycles. The van der Waals surface area contributed by atoms with Crippen LogP contribution in [0.3, 0.4) is 0 Å². The molecule has 4 rings (SSSR count). The van der Waals surface area contributed by atoms with Crippen molar-refractivity contribution < 1.29 is 38.5 Å². The Labute approximate surface area is 178 Å². The molecular formula is C22H23NO8. The van der Waals surface area contributed by atoms with Crippen molar-refractivity contribution in [3.63, 3.8) is 0 Å². The molecule has 9 nitrogen and oxygen atoms in total. The summed E-state index contributed by atoms with van der Waals surface area (Å²) in [6.45, 7) is 3.19. The largest absolute Gasteiger partial charge is 0.462 e. The van der Waals surface area contributed by atoms with Crippen molar-refractivity contribution in [3.05, 3.63) is 65.1 Å². The van der Waals surface area contributed by atoms with E-state index in [9.17, 15) is 19.5 Å². The van der Waals surface area contributed by atoms with Gasteiger partial charge >= 0.3 is 0 Å². The molecule has 0 aliphatic carbocycles. The van der Waals surface area contributed by atoms with E-state index in [4.69, 9.17) is 19.0 Å². The Hall–Kier alpha value is -3.27. The Morgan fingerprint density at radius 3 is 2.29 bits per heavy atom. The fraction of sp³-hybridized carbons (Fsp3) is 0.318. The number of ketones is 2. The Bertz CT molecular complexity index is 1060. The van der Waals surface area contributed by atoms with Gasteiger partial charge in [0.05, 0.1) is 0 Å². The van der Waals surface area contributed by atoms with E-state index < -0.39 is 34.9 Å². The zero-order chi connectivity index (χ0) is 23.0. The van der Waals surface area contributed by atoms with Crippen LogP contribution >= 0.6 is 0 Å². The van der Waals surface area contributed by atoms with Gasteiger partial charge in [-0.05, 0) is 26.0 Å². The molecule has 3 N–H and O–H groups in total. The molecule has 2 aromatic rings. The van der Waals surface area contributed by atoms with Gasteiger partial charge in [0.2, 0.25) is 17.3 Å². The van der Waals surface area contributed by atoms with Crippen LogP contribution in [0.25, 0.3) is 5.76 Å². The van der Waals surface area contributed by atoms with Crippen LogP contribution in [-0.4, -0.2) is 59.3 Å². The van der Waals surface area contributed by atoms with Crippen LogP contribution in [-0.2, 0) is 19.1 Å². The standard InChI is InChI=1S/C21H19NO7.CH4O/c1-11-9-10-14(28-11)15-12(2)16(23)20(29-15)18(25)21(27-3,22-19(20)26)17(24)13-7-5-4-6-8-13;1-2/h4-10,18,25H,1-3H3,(H,22,26);2H,1H3/t18-,20+,21-;/m1./s1. The molecule has 1 spiro atoms. The Morgan fingerprint density at radius 2 is 1.74 bits per heavy atom. The summed E-state index contributed by atoms with van der Waals surface area (Å²) in [5.74, 6) is -1.55. The number of aliphatic hydroxyl groups excluding tert-OH is 2. The number of benzene rings is 1. The zero-order valence-corrected chi connectivity index (χ0v) is 17.5. The Morgan fingerprint density at radius 1 is 1.10 bits per heavy atom. The highest BCUT2D eigenvalue weighted by molar-refractivity contribution is 6.25. The quantitative estimate of drug-likeness (QED) is 0.484. The molecule has 2 aliphatic heterocycles. The molecule has 1 fully saturated rings. The summed E-state index contributed by atoms with van der Waals surface area (Å²) < 4.78 is 16.6. The molecule has 164 valence electrons. The van der Waals surface area contributed by atoms with Crippen LogP contribution in [0.2, 0.25) is 0 Å². The average molecular weight is 429 g/mol. The number of hydrogen-bond acceptors (Lipinski definition) is 8. The molecule has 1 amide bonds. The van der Waals surface area contributed by atoms with Gasteiger partial charge < -0.3 is 29.4 Å². The predicted octanol–water partition coefficient (Wildman–Crippen LogP) is 0.982. The lowest BCUT2D eigenvalue weighted by molar-refractivity contribution is -0.156. The van der Waals surface area contributed by atoms with Gasteiger partial charge in [-0.2, -0.15) is 0 Å². The SMILES string of the molecule is CO.CO[C@@]1(C(=O)c2ccccc2)NC(=O)[C@@]2(OC(c3ccc(C)o3)=C(C)C2=O)[C@H]1O. The number of amides is 1. The maximum absolute atomic E-state index is 13.1. The van der Waals surface area contributed by atoms with Gasteiger partial charge in [-0.1, -0.05) is 30.3 Å². The zero-order valence-electron chi connectivity index (χ0n) is 17.5. The number of rotatable bonds is 4. The van der Waals surface area contributed by atoms with Crippen molar-refractivity contribution >= 4 is 23.2 Å². The number of Topliss-reactive ketones (excluding diaryl/α,β-unsaturated/α-hetero) is 2. The molecule has 9 heteroatoms. The number of aryl methyl sites for hydroxylation is 1. The second-order valence-electron chi connectivity index (χ2n) is 7.02. The fourth-order valence-corrected chi connectivity index (χ4v) is 3.77. The number of carbonyl (C=O) groups excluding carboxylic acids is 3. The lowest BCUT2D eigenvalue weighted by Crippen LogP contribution is -2.60. The number of nitrogens with one attached hydrogen (secondary N) is 1. The third-order valence-corrected chi connectivity index (χ3v) is 5.35. The minimum absolute atomic E-state index is 0.0383. The number of furan rings is 1. The monoisotopic (exact) mass is 429 g/mol. The van der Waals surface area contributed by atoms with Crippen LogP contribution in [0.5, 0.6) is 0 Å². The minimum Gasteiger partial charge on any atom is -0.462 e. The van der Waals surface area contributed by atoms with Gasteiger partial charge in [-0.25, -0.2) is 0 Å². The molecule has 31 heavy (non-hydrogen) atoms. The molecule has 3 atom stereocenters. The van der Waals surface area contributed by atoms with Crippen molar-refractivity contribution in [2.75, 3.05) is 14.2 Å². The molecule has 0 bridgehead atoms. The molecule has 0 saturated carbocycles. The van der Waals surface area contributed by atoms with Crippen LogP contribution < -0.4 is 5.32 Å². The van der Waals surface area contributed by atoms with E-state index >= 15 is 0 Å². The average Bonchev–Trinajstić information content (AvgIpc) is 3.41. The number of methoxy groups -OCH3 is 1. The Kier molecular flexibility index (Phi) is 5.86. The van der Waals surface area contributed by atoms with Crippen LogP contribution in [0.1, 0.15) is 28.8 Å². The van der Waals surface area contributed by atoms with Gasteiger partial charge in [-0.15, -0.1) is 0 Å². The molecule has 1 aromatic heterocycles. The van der Waals surface area contributed by atoms with E-state index in [2.05, 4.69) is 5.32 Å². The summed E-state index contributed by atoms with van der Waals surface area (Å²) in [6.07, 6.45) is -1.93. The number of aliphatic hydroxyl groups is 2. The summed E-state index contributed by atoms with van der Waals surface area (Å²) in [6, 6.07) is 11.3. The van der Waals surface area contributed by atoms with Crippen LogP contribution in [0.4, 0.5) is 0 Å². The smallest absolute Gasteiger partial charge is 0.279 e. The Balaban J connectivity index is 0.00000132. The predicted molar refractivity (Wildman–Crippen MR) is 108 cm³/mol. The molecule has 0 radical (unpaired) electrons. The number of carbonyl (C=O) groups is 3. The first kappa shape index (κ1) is 22.4. The van der Waals surface area contributed by atoms with Crippen molar-refractivity contribution in [2.24, 2.45) is 0 Å². The maximum atomic E-state index is 13.1. The first-order chi connectivity index (χ1) is 14.8. The van der Waals surface area contributed by atoms with Gasteiger partial charge in [0, 0.05) is 25.4 Å². The summed E-state index contributed by atoms with van der Waals surface area (Å²) in [7, 11) is 2.17. The number of ether oxygens (including phenoxy) is 2. The lowest BCUT2D eigenvalue weighted by Gasteiger charge is -2.32. The van der Waals surface area contributed by atoms with Crippen molar-refractivity contribution in [1.82, 2.24) is 5.32 Å². The van der Waals surface area contributed by atoms with Crippen molar-refractivity contribution in [3.8, 4) is 0 Å². The normalized spacial score (nSPS) is 27.1. The molecule has 2 aliphatic rings. The lowest BCUT2D eigenvalue weighted by atomic mass is 9.85. The third-order valence-electron chi connectivity index (χ3n) is 5.35.